The van der Waals surface area contributed by atoms with Crippen LogP contribution in [-0.2, 0) is 14.3 Å². The van der Waals surface area contributed by atoms with Gasteiger partial charge in [0.2, 0.25) is 0 Å². The van der Waals surface area contributed by atoms with E-state index in [1.807, 2.05) is 0 Å². The summed E-state index contributed by atoms with van der Waals surface area (Å²) >= 11 is 0. The normalized spacial score (nSPS) is 18.8. The Hall–Kier alpha value is -2.48. The monoisotopic (exact) mass is 312 g/mol. The highest BCUT2D eigenvalue weighted by Gasteiger charge is 2.34. The lowest BCUT2D eigenvalue weighted by Crippen LogP contribution is -2.45. The van der Waals surface area contributed by atoms with Crippen molar-refractivity contribution in [3.05, 3.63) is 47.2 Å². The second-order valence-electron chi connectivity index (χ2n) is 4.51. The molecule has 0 fully saturated rings. The fraction of sp³-hybridized carbons (Fsp3) is 0.286. The molecule has 0 radical (unpaired) electrons. The van der Waals surface area contributed by atoms with Gasteiger partial charge in [0.05, 0.1) is 13.2 Å². The van der Waals surface area contributed by atoms with Gasteiger partial charge >= 0.3 is 12.0 Å². The average molecular weight is 312 g/mol. The molecule has 2 rings (SSSR count). The van der Waals surface area contributed by atoms with Crippen LogP contribution < -0.4 is 10.6 Å². The van der Waals surface area contributed by atoms with Gasteiger partial charge in [-0.05, 0) is 17.7 Å². The zero-order chi connectivity index (χ0) is 16.3. The smallest absolute Gasteiger partial charge is 0.339 e. The van der Waals surface area contributed by atoms with E-state index in [9.17, 15) is 18.4 Å². The summed E-state index contributed by atoms with van der Waals surface area (Å²) in [6.45, 7) is 0. The van der Waals surface area contributed by atoms with Gasteiger partial charge in [-0.25, -0.2) is 18.4 Å². The molecule has 0 saturated heterocycles. The molecule has 0 aromatic heterocycles. The Kier molecular flexibility index (Phi) is 4.71. The van der Waals surface area contributed by atoms with Gasteiger partial charge < -0.3 is 20.1 Å². The van der Waals surface area contributed by atoms with Crippen molar-refractivity contribution in [1.29, 1.82) is 0 Å². The van der Waals surface area contributed by atoms with Gasteiger partial charge in [-0.2, -0.15) is 0 Å². The third-order valence-corrected chi connectivity index (χ3v) is 3.21. The molecule has 22 heavy (non-hydrogen) atoms. The number of hydrogen-bond acceptors (Lipinski definition) is 4. The molecule has 2 unspecified atom stereocenters. The molecule has 2 amide bonds. The number of urea groups is 1. The number of amides is 2. The Morgan fingerprint density at radius 3 is 2.59 bits per heavy atom. The van der Waals surface area contributed by atoms with Gasteiger partial charge in [-0.1, -0.05) is 6.07 Å². The van der Waals surface area contributed by atoms with Crippen LogP contribution in [0.2, 0.25) is 0 Å². The second-order valence-corrected chi connectivity index (χ2v) is 4.51. The van der Waals surface area contributed by atoms with Crippen LogP contribution in [0.4, 0.5) is 13.6 Å². The molecular weight excluding hydrogens is 298 g/mol. The van der Waals surface area contributed by atoms with E-state index in [2.05, 4.69) is 15.4 Å². The zero-order valence-corrected chi connectivity index (χ0v) is 11.9. The van der Waals surface area contributed by atoms with E-state index < -0.39 is 35.8 Å². The number of carbonyl (C=O) groups is 2. The molecule has 1 aliphatic rings. The molecule has 2 atom stereocenters. The van der Waals surface area contributed by atoms with Crippen molar-refractivity contribution in [2.24, 2.45) is 0 Å². The SMILES string of the molecule is COC(=O)C(OC)C1=CNC(=O)NC1c1ccc(F)c(F)c1. The Bertz CT molecular complexity index is 633. The third kappa shape index (κ3) is 3.06. The summed E-state index contributed by atoms with van der Waals surface area (Å²) in [4.78, 5) is 23.3. The first-order chi connectivity index (χ1) is 10.5. The lowest BCUT2D eigenvalue weighted by Gasteiger charge is -2.29. The van der Waals surface area contributed by atoms with Crippen molar-refractivity contribution < 1.29 is 27.8 Å². The molecule has 1 aromatic carbocycles. The maximum absolute atomic E-state index is 13.4. The maximum Gasteiger partial charge on any atom is 0.339 e. The quantitative estimate of drug-likeness (QED) is 0.824. The van der Waals surface area contributed by atoms with Gasteiger partial charge in [0.25, 0.3) is 0 Å². The Morgan fingerprint density at radius 2 is 2.00 bits per heavy atom. The predicted molar refractivity (Wildman–Crippen MR) is 71.7 cm³/mol. The Morgan fingerprint density at radius 1 is 1.27 bits per heavy atom. The van der Waals surface area contributed by atoms with Gasteiger partial charge in [-0.15, -0.1) is 0 Å². The molecule has 6 nitrogen and oxygen atoms in total. The minimum absolute atomic E-state index is 0.269. The molecule has 0 spiro atoms. The molecule has 0 bridgehead atoms. The molecule has 1 heterocycles. The van der Waals surface area contributed by atoms with E-state index in [0.29, 0.717) is 5.57 Å². The van der Waals surface area contributed by atoms with Crippen molar-refractivity contribution >= 4 is 12.0 Å². The Labute approximate surface area is 125 Å². The first-order valence-electron chi connectivity index (χ1n) is 6.30. The number of ether oxygens (including phenoxy) is 2. The van der Waals surface area contributed by atoms with Crippen LogP contribution in [0.5, 0.6) is 0 Å². The van der Waals surface area contributed by atoms with Crippen LogP contribution in [0, 0.1) is 11.6 Å². The highest BCUT2D eigenvalue weighted by atomic mass is 19.2. The molecule has 2 N–H and O–H groups in total. The minimum Gasteiger partial charge on any atom is -0.467 e. The molecule has 1 aromatic rings. The topological polar surface area (TPSA) is 76.7 Å². The number of esters is 1. The van der Waals surface area contributed by atoms with Crippen LogP contribution in [0.1, 0.15) is 11.6 Å². The predicted octanol–water partition coefficient (Wildman–Crippen LogP) is 1.39. The van der Waals surface area contributed by atoms with Crippen LogP contribution in [0.15, 0.2) is 30.0 Å². The summed E-state index contributed by atoms with van der Waals surface area (Å²) in [7, 11) is 2.48. The lowest BCUT2D eigenvalue weighted by molar-refractivity contribution is -0.150. The van der Waals surface area contributed by atoms with Gasteiger partial charge in [0, 0.05) is 18.9 Å². The molecule has 0 saturated carbocycles. The summed E-state index contributed by atoms with van der Waals surface area (Å²) in [5, 5.41) is 4.91. The first kappa shape index (κ1) is 15.9. The zero-order valence-electron chi connectivity index (χ0n) is 11.9. The van der Waals surface area contributed by atoms with Gasteiger partial charge in [0.1, 0.15) is 0 Å². The van der Waals surface area contributed by atoms with E-state index in [0.717, 1.165) is 12.1 Å². The van der Waals surface area contributed by atoms with E-state index in [1.165, 1.54) is 26.5 Å². The fourth-order valence-electron chi connectivity index (χ4n) is 2.16. The maximum atomic E-state index is 13.4. The van der Waals surface area contributed by atoms with E-state index in [1.54, 1.807) is 0 Å². The number of hydrogen-bond donors (Lipinski definition) is 2. The molecule has 8 heteroatoms. The van der Waals surface area contributed by atoms with Crippen molar-refractivity contribution in [2.45, 2.75) is 12.1 Å². The number of carbonyl (C=O) groups excluding carboxylic acids is 2. The van der Waals surface area contributed by atoms with Crippen molar-refractivity contribution in [2.75, 3.05) is 14.2 Å². The summed E-state index contributed by atoms with van der Waals surface area (Å²) in [5.41, 5.74) is 0.575. The third-order valence-electron chi connectivity index (χ3n) is 3.21. The van der Waals surface area contributed by atoms with Crippen molar-refractivity contribution in [3.63, 3.8) is 0 Å². The van der Waals surface area contributed by atoms with Crippen LogP contribution in [0.25, 0.3) is 0 Å². The molecule has 0 aliphatic carbocycles. The largest absolute Gasteiger partial charge is 0.467 e. The summed E-state index contributed by atoms with van der Waals surface area (Å²) in [5.74, 6) is -2.75. The first-order valence-corrected chi connectivity index (χ1v) is 6.30. The standard InChI is InChI=1S/C14H14F2N2O4/c1-21-12(13(19)22-2)8-6-17-14(20)18-11(8)7-3-4-9(15)10(16)5-7/h3-6,11-12H,1-2H3,(H2,17,18,20). The minimum atomic E-state index is -1.10. The summed E-state index contributed by atoms with van der Waals surface area (Å²) in [6, 6.07) is 1.80. The van der Waals surface area contributed by atoms with Crippen molar-refractivity contribution in [1.82, 2.24) is 10.6 Å². The van der Waals surface area contributed by atoms with Crippen LogP contribution in [-0.4, -0.2) is 32.3 Å². The van der Waals surface area contributed by atoms with Crippen LogP contribution in [0.3, 0.4) is 0 Å². The number of rotatable bonds is 4. The molecule has 118 valence electrons. The fourth-order valence-corrected chi connectivity index (χ4v) is 2.16. The Balaban J connectivity index is 2.43. The highest BCUT2D eigenvalue weighted by Crippen LogP contribution is 2.28. The van der Waals surface area contributed by atoms with Gasteiger partial charge in [-0.3, -0.25) is 0 Å². The molecule has 1 aliphatic heterocycles. The van der Waals surface area contributed by atoms with Gasteiger partial charge in [0.15, 0.2) is 17.7 Å². The highest BCUT2D eigenvalue weighted by molar-refractivity contribution is 5.82. The number of halogens is 2. The number of methoxy groups -OCH3 is 2. The summed E-state index contributed by atoms with van der Waals surface area (Å²) in [6.07, 6.45) is 0.187. The van der Waals surface area contributed by atoms with Crippen molar-refractivity contribution in [3.8, 4) is 0 Å². The number of nitrogens with one attached hydrogen (secondary N) is 2. The summed E-state index contributed by atoms with van der Waals surface area (Å²) < 4.78 is 36.2. The van der Waals surface area contributed by atoms with E-state index in [-0.39, 0.29) is 5.56 Å². The second kappa shape index (κ2) is 6.52. The number of benzene rings is 1. The lowest BCUT2D eigenvalue weighted by atomic mass is 9.94. The van der Waals surface area contributed by atoms with Crippen LogP contribution >= 0.6 is 0 Å². The van der Waals surface area contributed by atoms with E-state index in [4.69, 9.17) is 4.74 Å². The molecular formula is C14H14F2N2O4. The van der Waals surface area contributed by atoms with E-state index >= 15 is 0 Å². The average Bonchev–Trinajstić information content (AvgIpc) is 2.51.